The number of hydrogen-bond acceptors (Lipinski definition) is 7. The molecule has 152 valence electrons. The maximum absolute atomic E-state index is 12.9. The van der Waals surface area contributed by atoms with Crippen molar-refractivity contribution >= 4 is 11.6 Å². The third-order valence-corrected chi connectivity index (χ3v) is 4.10. The number of carbonyl (C=O) groups excluding carboxylic acids is 1. The Labute approximate surface area is 168 Å². The molecule has 0 aromatic heterocycles. The number of nitro groups is 1. The molecule has 0 aliphatic heterocycles. The van der Waals surface area contributed by atoms with Crippen molar-refractivity contribution in [3.8, 4) is 17.6 Å². The van der Waals surface area contributed by atoms with E-state index in [9.17, 15) is 14.9 Å². The minimum Gasteiger partial charge on any atom is -0.493 e. The molecule has 0 aliphatic rings. The molecule has 0 fully saturated rings. The zero-order chi connectivity index (χ0) is 21.4. The SMILES string of the molecule is COCCOc1cc([N+](=O)[O-])c(C(=O)N(C)Cc2ccc(C#N)cc2)cc1OC. The van der Waals surface area contributed by atoms with Crippen LogP contribution in [-0.2, 0) is 11.3 Å². The lowest BCUT2D eigenvalue weighted by Gasteiger charge is -2.19. The average molecular weight is 399 g/mol. The Morgan fingerprint density at radius 2 is 1.86 bits per heavy atom. The summed E-state index contributed by atoms with van der Waals surface area (Å²) in [5, 5.41) is 20.4. The first-order chi connectivity index (χ1) is 13.9. The largest absolute Gasteiger partial charge is 0.493 e. The van der Waals surface area contributed by atoms with Gasteiger partial charge in [0, 0.05) is 26.8 Å². The van der Waals surface area contributed by atoms with Crippen molar-refractivity contribution in [1.29, 1.82) is 5.26 Å². The molecule has 0 heterocycles. The summed E-state index contributed by atoms with van der Waals surface area (Å²) in [6, 6.07) is 11.2. The molecule has 0 unspecified atom stereocenters. The van der Waals surface area contributed by atoms with E-state index in [0.717, 1.165) is 5.56 Å². The number of ether oxygens (including phenoxy) is 3. The second kappa shape index (κ2) is 10.1. The fourth-order valence-electron chi connectivity index (χ4n) is 2.61. The smallest absolute Gasteiger partial charge is 0.286 e. The molecule has 0 radical (unpaired) electrons. The van der Waals surface area contributed by atoms with E-state index in [-0.39, 0.29) is 35.9 Å². The quantitative estimate of drug-likeness (QED) is 0.362. The number of carbonyl (C=O) groups is 1. The number of nitriles is 1. The summed E-state index contributed by atoms with van der Waals surface area (Å²) in [5.41, 5.74) is 0.804. The molecule has 29 heavy (non-hydrogen) atoms. The van der Waals surface area contributed by atoms with Crippen molar-refractivity contribution in [2.24, 2.45) is 0 Å². The lowest BCUT2D eigenvalue weighted by Crippen LogP contribution is -2.27. The number of rotatable bonds is 9. The molecule has 0 saturated heterocycles. The summed E-state index contributed by atoms with van der Waals surface area (Å²) in [7, 11) is 4.44. The Hall–Kier alpha value is -3.64. The summed E-state index contributed by atoms with van der Waals surface area (Å²) in [6.45, 7) is 0.691. The number of methoxy groups -OCH3 is 2. The molecule has 0 saturated carbocycles. The minimum absolute atomic E-state index is 0.109. The second-order valence-corrected chi connectivity index (χ2v) is 6.09. The predicted molar refractivity (Wildman–Crippen MR) is 104 cm³/mol. The summed E-state index contributed by atoms with van der Waals surface area (Å²) in [4.78, 5) is 25.2. The maximum atomic E-state index is 12.9. The molecule has 9 heteroatoms. The molecule has 0 spiro atoms. The molecule has 0 atom stereocenters. The summed E-state index contributed by atoms with van der Waals surface area (Å²) >= 11 is 0. The summed E-state index contributed by atoms with van der Waals surface area (Å²) < 4.78 is 15.6. The standard InChI is InChI=1S/C20H21N3O6/c1-22(13-15-6-4-14(12-21)5-7-15)20(24)16-10-18(28-3)19(29-9-8-27-2)11-17(16)23(25)26/h4-7,10-11H,8-9,13H2,1-3H3. The molecule has 0 aliphatic carbocycles. The van der Waals surface area contributed by atoms with Crippen LogP contribution in [0.25, 0.3) is 0 Å². The number of amides is 1. The molecule has 9 nitrogen and oxygen atoms in total. The van der Waals surface area contributed by atoms with Gasteiger partial charge in [-0.1, -0.05) is 12.1 Å². The molecule has 1 amide bonds. The number of benzene rings is 2. The van der Waals surface area contributed by atoms with Gasteiger partial charge in [0.1, 0.15) is 12.2 Å². The van der Waals surface area contributed by atoms with Crippen LogP contribution in [0.2, 0.25) is 0 Å². The van der Waals surface area contributed by atoms with E-state index >= 15 is 0 Å². The van der Waals surface area contributed by atoms with Crippen LogP contribution in [0.4, 0.5) is 5.69 Å². The van der Waals surface area contributed by atoms with Crippen molar-refractivity contribution in [2.75, 3.05) is 34.5 Å². The molecule has 2 rings (SSSR count). The van der Waals surface area contributed by atoms with Gasteiger partial charge in [-0.05, 0) is 17.7 Å². The lowest BCUT2D eigenvalue weighted by molar-refractivity contribution is -0.385. The fourth-order valence-corrected chi connectivity index (χ4v) is 2.61. The zero-order valence-electron chi connectivity index (χ0n) is 16.4. The van der Waals surface area contributed by atoms with Gasteiger partial charge in [-0.25, -0.2) is 0 Å². The highest BCUT2D eigenvalue weighted by Gasteiger charge is 2.27. The molecular formula is C20H21N3O6. The van der Waals surface area contributed by atoms with E-state index in [4.69, 9.17) is 19.5 Å². The Balaban J connectivity index is 2.31. The first-order valence-electron chi connectivity index (χ1n) is 8.64. The highest BCUT2D eigenvalue weighted by molar-refractivity contribution is 5.99. The monoisotopic (exact) mass is 399 g/mol. The van der Waals surface area contributed by atoms with Crippen LogP contribution in [0, 0.1) is 21.4 Å². The molecule has 2 aromatic rings. The second-order valence-electron chi connectivity index (χ2n) is 6.09. The number of nitrogens with zero attached hydrogens (tertiary/aromatic N) is 3. The Kier molecular flexibility index (Phi) is 7.51. The van der Waals surface area contributed by atoms with E-state index in [1.165, 1.54) is 31.3 Å². The zero-order valence-corrected chi connectivity index (χ0v) is 16.4. The van der Waals surface area contributed by atoms with Gasteiger partial charge in [-0.3, -0.25) is 14.9 Å². The normalized spacial score (nSPS) is 10.1. The van der Waals surface area contributed by atoms with E-state index in [1.54, 1.807) is 31.3 Å². The third-order valence-electron chi connectivity index (χ3n) is 4.10. The average Bonchev–Trinajstić information content (AvgIpc) is 2.73. The van der Waals surface area contributed by atoms with Crippen LogP contribution < -0.4 is 9.47 Å². The van der Waals surface area contributed by atoms with Crippen LogP contribution in [0.15, 0.2) is 36.4 Å². The summed E-state index contributed by atoms with van der Waals surface area (Å²) in [5.74, 6) is -0.174. The summed E-state index contributed by atoms with van der Waals surface area (Å²) in [6.07, 6.45) is 0. The van der Waals surface area contributed by atoms with Gasteiger partial charge in [-0.2, -0.15) is 5.26 Å². The Morgan fingerprint density at radius 3 is 2.41 bits per heavy atom. The maximum Gasteiger partial charge on any atom is 0.286 e. The van der Waals surface area contributed by atoms with Crippen molar-refractivity contribution in [3.63, 3.8) is 0 Å². The van der Waals surface area contributed by atoms with E-state index in [0.29, 0.717) is 12.2 Å². The van der Waals surface area contributed by atoms with Crippen molar-refractivity contribution in [2.45, 2.75) is 6.54 Å². The van der Waals surface area contributed by atoms with Crippen LogP contribution in [0.1, 0.15) is 21.5 Å². The molecule has 0 bridgehead atoms. The van der Waals surface area contributed by atoms with Crippen molar-refractivity contribution in [3.05, 3.63) is 63.2 Å². The Morgan fingerprint density at radius 1 is 1.17 bits per heavy atom. The Bertz CT molecular complexity index is 921. The molecule has 2 aromatic carbocycles. The van der Waals surface area contributed by atoms with E-state index in [1.807, 2.05) is 6.07 Å². The van der Waals surface area contributed by atoms with E-state index in [2.05, 4.69) is 0 Å². The van der Waals surface area contributed by atoms with Crippen molar-refractivity contribution in [1.82, 2.24) is 4.90 Å². The first-order valence-corrected chi connectivity index (χ1v) is 8.64. The lowest BCUT2D eigenvalue weighted by atomic mass is 10.1. The highest BCUT2D eigenvalue weighted by Crippen LogP contribution is 2.35. The predicted octanol–water partition coefficient (Wildman–Crippen LogP) is 2.77. The van der Waals surface area contributed by atoms with Gasteiger partial charge >= 0.3 is 0 Å². The van der Waals surface area contributed by atoms with Gasteiger partial charge < -0.3 is 19.1 Å². The van der Waals surface area contributed by atoms with Gasteiger partial charge in [0.25, 0.3) is 11.6 Å². The van der Waals surface area contributed by atoms with Crippen molar-refractivity contribution < 1.29 is 23.9 Å². The van der Waals surface area contributed by atoms with Crippen LogP contribution in [0.5, 0.6) is 11.5 Å². The number of hydrogen-bond donors (Lipinski definition) is 0. The highest BCUT2D eigenvalue weighted by atomic mass is 16.6. The van der Waals surface area contributed by atoms with Gasteiger partial charge in [0.05, 0.1) is 36.3 Å². The minimum atomic E-state index is -0.634. The van der Waals surface area contributed by atoms with Gasteiger partial charge in [0.2, 0.25) is 0 Å². The molecular weight excluding hydrogens is 378 g/mol. The topological polar surface area (TPSA) is 115 Å². The van der Waals surface area contributed by atoms with Gasteiger partial charge in [0.15, 0.2) is 11.5 Å². The first kappa shape index (κ1) is 21.7. The van der Waals surface area contributed by atoms with Crippen LogP contribution in [-0.4, -0.2) is 50.2 Å². The third kappa shape index (κ3) is 5.43. The van der Waals surface area contributed by atoms with Gasteiger partial charge in [-0.15, -0.1) is 0 Å². The molecule has 0 N–H and O–H groups in total. The van der Waals surface area contributed by atoms with E-state index < -0.39 is 10.8 Å². The number of nitro benzene ring substituents is 1. The van der Waals surface area contributed by atoms with Crippen LogP contribution in [0.3, 0.4) is 0 Å². The van der Waals surface area contributed by atoms with Crippen LogP contribution >= 0.6 is 0 Å². The fraction of sp³-hybridized carbons (Fsp3) is 0.300.